The number of nitrogens with one attached hydrogen (secondary N) is 1. The van der Waals surface area contributed by atoms with Crippen molar-refractivity contribution < 1.29 is 42.4 Å². The van der Waals surface area contributed by atoms with Gasteiger partial charge in [0, 0.05) is 22.5 Å². The fraction of sp³-hybridized carbons (Fsp3) is 0.321. The van der Waals surface area contributed by atoms with Crippen LogP contribution in [0.1, 0.15) is 28.6 Å². The van der Waals surface area contributed by atoms with Crippen LogP contribution in [0.25, 0.3) is 38.9 Å². The number of nitrogens with zero attached hydrogens (tertiary/aromatic N) is 5. The van der Waals surface area contributed by atoms with Gasteiger partial charge in [-0.15, -0.1) is 0 Å². The number of ketones is 1. The van der Waals surface area contributed by atoms with E-state index in [-0.39, 0.29) is 5.82 Å². The van der Waals surface area contributed by atoms with E-state index >= 15 is 0 Å². The molecule has 4 aromatic heterocycles. The van der Waals surface area contributed by atoms with Gasteiger partial charge in [0.15, 0.2) is 30.1 Å². The third-order valence-corrected chi connectivity index (χ3v) is 9.18. The lowest BCUT2D eigenvalue weighted by molar-refractivity contribution is -0.670. The van der Waals surface area contributed by atoms with Crippen LogP contribution in [-0.4, -0.2) is 65.0 Å². The molecule has 0 saturated carbocycles. The molecule has 0 unspecified atom stereocenters. The first-order valence-electron chi connectivity index (χ1n) is 13.8. The zero-order chi connectivity index (χ0) is 30.7. The molecule has 2 fully saturated rings. The molecule has 44 heavy (non-hydrogen) atoms. The lowest BCUT2D eigenvalue weighted by Crippen LogP contribution is -2.41. The largest absolute Gasteiger partial charge is 0.469 e. The molecule has 2 saturated heterocycles. The molecule has 1 aromatic carbocycles. The second kappa shape index (κ2) is 9.22. The van der Waals surface area contributed by atoms with Crippen LogP contribution in [0.3, 0.4) is 0 Å². The highest BCUT2D eigenvalue weighted by Gasteiger charge is 2.64. The van der Waals surface area contributed by atoms with Crippen LogP contribution in [-0.2, 0) is 40.9 Å². The number of nitrogens with two attached hydrogens (primary N) is 1. The van der Waals surface area contributed by atoms with E-state index in [0.717, 1.165) is 32.8 Å². The van der Waals surface area contributed by atoms with Gasteiger partial charge in [-0.3, -0.25) is 13.9 Å². The SMILES string of the molecule is Cc1c2cc[n+](C)cc2c(C)c2c3c([nH]c12)C=CC(=O)[C@@]31O[C@@H]2[C@H](O1)[C@@H](COP(=O)(O)O)O[C@H]2n1cnc2c(N)ncnc21. The van der Waals surface area contributed by atoms with Gasteiger partial charge in [0.05, 0.1) is 24.0 Å². The van der Waals surface area contributed by atoms with Gasteiger partial charge in [0.1, 0.15) is 37.2 Å². The molecule has 6 heterocycles. The van der Waals surface area contributed by atoms with Crippen LogP contribution in [0.4, 0.5) is 5.82 Å². The highest BCUT2D eigenvalue weighted by molar-refractivity contribution is 7.46. The van der Waals surface area contributed by atoms with Crippen LogP contribution in [0.15, 0.2) is 37.2 Å². The van der Waals surface area contributed by atoms with Gasteiger partial charge in [-0.25, -0.2) is 24.1 Å². The molecule has 2 aliphatic heterocycles. The Morgan fingerprint density at radius 3 is 2.75 bits per heavy atom. The summed E-state index contributed by atoms with van der Waals surface area (Å²) >= 11 is 0. The Morgan fingerprint density at radius 2 is 1.95 bits per heavy atom. The number of fused-ring (bicyclic) bond motifs is 7. The third-order valence-electron chi connectivity index (χ3n) is 8.70. The van der Waals surface area contributed by atoms with Gasteiger partial charge in [-0.05, 0) is 42.5 Å². The number of anilines is 1. The molecule has 15 nitrogen and oxygen atoms in total. The Hall–Kier alpha value is -4.08. The molecule has 5 atom stereocenters. The summed E-state index contributed by atoms with van der Waals surface area (Å²) in [5.74, 6) is -2.16. The van der Waals surface area contributed by atoms with E-state index in [0.29, 0.717) is 22.4 Å². The van der Waals surface area contributed by atoms with E-state index in [4.69, 9.17) is 24.5 Å². The summed E-state index contributed by atoms with van der Waals surface area (Å²) in [6.07, 6.45) is 5.94. The highest BCUT2D eigenvalue weighted by atomic mass is 31.2. The lowest BCUT2D eigenvalue weighted by Gasteiger charge is -2.31. The Morgan fingerprint density at radius 1 is 1.16 bits per heavy atom. The smallest absolute Gasteiger partial charge is 0.382 e. The number of aromatic nitrogens is 6. The van der Waals surface area contributed by atoms with Crippen molar-refractivity contribution >= 4 is 58.3 Å². The molecule has 1 spiro atoms. The van der Waals surface area contributed by atoms with Gasteiger partial charge in [-0.1, -0.05) is 0 Å². The second-order valence-electron chi connectivity index (χ2n) is 11.3. The van der Waals surface area contributed by atoms with Crippen LogP contribution in [0.2, 0.25) is 0 Å². The van der Waals surface area contributed by atoms with Crippen LogP contribution in [0.5, 0.6) is 0 Å². The number of carbonyl (C=O) groups excluding carboxylic acids is 1. The first kappa shape index (κ1) is 27.5. The van der Waals surface area contributed by atoms with Gasteiger partial charge in [0.25, 0.3) is 5.79 Å². The monoisotopic (exact) mass is 620 g/mol. The molecule has 3 aliphatic rings. The normalized spacial score (nSPS) is 26.4. The summed E-state index contributed by atoms with van der Waals surface area (Å²) in [6, 6.07) is 2.06. The number of aryl methyl sites for hydroxylation is 3. The maximum atomic E-state index is 13.9. The minimum atomic E-state index is -4.87. The van der Waals surface area contributed by atoms with Crippen LogP contribution >= 0.6 is 7.82 Å². The zero-order valence-corrected chi connectivity index (χ0v) is 24.6. The van der Waals surface area contributed by atoms with Gasteiger partial charge in [0.2, 0.25) is 5.78 Å². The van der Waals surface area contributed by atoms with Crippen molar-refractivity contribution in [2.45, 2.75) is 44.2 Å². The molecule has 16 heteroatoms. The summed E-state index contributed by atoms with van der Waals surface area (Å²) in [6.45, 7) is 3.48. The minimum absolute atomic E-state index is 0.159. The van der Waals surface area contributed by atoms with E-state index in [1.54, 1.807) is 10.6 Å². The Balaban J connectivity index is 1.31. The molecule has 1 aliphatic carbocycles. The zero-order valence-electron chi connectivity index (χ0n) is 23.7. The van der Waals surface area contributed by atoms with Crippen molar-refractivity contribution in [2.75, 3.05) is 12.3 Å². The van der Waals surface area contributed by atoms with E-state index in [9.17, 15) is 19.1 Å². The lowest BCUT2D eigenvalue weighted by atomic mass is 9.89. The van der Waals surface area contributed by atoms with Crippen LogP contribution in [0, 0.1) is 13.8 Å². The van der Waals surface area contributed by atoms with Crippen molar-refractivity contribution in [1.29, 1.82) is 0 Å². The van der Waals surface area contributed by atoms with Crippen LogP contribution < -0.4 is 10.3 Å². The number of carbonyl (C=O) groups is 1. The number of hydrogen-bond acceptors (Lipinski definition) is 10. The quantitative estimate of drug-likeness (QED) is 0.168. The molecule has 5 aromatic rings. The first-order valence-corrected chi connectivity index (χ1v) is 15.3. The van der Waals surface area contributed by atoms with E-state index < -0.39 is 50.5 Å². The van der Waals surface area contributed by atoms with Gasteiger partial charge in [-0.2, -0.15) is 0 Å². The average molecular weight is 621 g/mol. The topological polar surface area (TPSA) is 201 Å². The minimum Gasteiger partial charge on any atom is -0.382 e. The van der Waals surface area contributed by atoms with Crippen molar-refractivity contribution in [3.05, 3.63) is 59.6 Å². The number of aromatic amines is 1. The number of nitrogen functional groups attached to an aromatic ring is 1. The molecule has 226 valence electrons. The maximum absolute atomic E-state index is 13.9. The van der Waals surface area contributed by atoms with E-state index in [1.807, 2.05) is 37.9 Å². The number of hydrogen-bond donors (Lipinski definition) is 4. The molecule has 0 amide bonds. The second-order valence-corrected chi connectivity index (χ2v) is 12.5. The molecule has 0 bridgehead atoms. The number of phosphoric ester groups is 1. The van der Waals surface area contributed by atoms with E-state index in [1.165, 1.54) is 18.7 Å². The summed E-state index contributed by atoms with van der Waals surface area (Å²) in [7, 11) is -2.92. The number of ether oxygens (including phenoxy) is 3. The predicted molar refractivity (Wildman–Crippen MR) is 154 cm³/mol. The summed E-state index contributed by atoms with van der Waals surface area (Å²) < 4.78 is 39.5. The van der Waals surface area contributed by atoms with Gasteiger partial charge < -0.3 is 34.7 Å². The highest BCUT2D eigenvalue weighted by Crippen LogP contribution is 2.54. The predicted octanol–water partition coefficient (Wildman–Crippen LogP) is 1.72. The Labute approximate surface area is 248 Å². The number of H-pyrrole nitrogens is 1. The number of imidazole rings is 1. The summed E-state index contributed by atoms with van der Waals surface area (Å²) in [5.41, 5.74) is 10.6. The first-order chi connectivity index (χ1) is 21.0. The third kappa shape index (κ3) is 3.78. The van der Waals surface area contributed by atoms with Crippen molar-refractivity contribution in [3.8, 4) is 0 Å². The van der Waals surface area contributed by atoms with E-state index in [2.05, 4.69) is 26.0 Å². The molecule has 0 radical (unpaired) electrons. The summed E-state index contributed by atoms with van der Waals surface area (Å²) in [4.78, 5) is 48.9. The number of rotatable bonds is 4. The molecular formula is C28H27N7O8P+. The summed E-state index contributed by atoms with van der Waals surface area (Å²) in [5, 5.41) is 2.87. The molecular weight excluding hydrogens is 593 g/mol. The van der Waals surface area contributed by atoms with Gasteiger partial charge >= 0.3 is 7.82 Å². The Bertz CT molecular complexity index is 2140. The Kier molecular flexibility index (Phi) is 5.75. The van der Waals surface area contributed by atoms with Crippen molar-refractivity contribution in [2.24, 2.45) is 7.05 Å². The molecule has 8 rings (SSSR count). The fourth-order valence-corrected chi connectivity index (χ4v) is 7.07. The standard InChI is InChI=1S/C28H26N7O8P/c1-12-15-8-34(3)7-6-14(15)13(2)21-19(12)20-16(33-21)4-5-18(36)28(20)42-23-17(9-40-44(37,38)39)41-27(24(23)43-28)35-11-32-22-25(29)30-10-31-26(22)35/h4-8,10-11,17,23-24,27H,9H2,1-3H3,(H4,29,30,31,37,38,39)/p+1/t17-,23-,24-,27-,28-/m1/s1. The average Bonchev–Trinajstić information content (AvgIpc) is 3.74. The fourth-order valence-electron chi connectivity index (χ4n) is 6.73. The van der Waals surface area contributed by atoms with Crippen molar-refractivity contribution in [1.82, 2.24) is 24.5 Å². The number of phosphoric acid groups is 1. The number of benzene rings is 1. The number of pyridine rings is 1. The maximum Gasteiger partial charge on any atom is 0.469 e. The molecule has 5 N–H and O–H groups in total. The van der Waals surface area contributed by atoms with Crippen molar-refractivity contribution in [3.63, 3.8) is 0 Å².